The fourth-order valence-corrected chi connectivity index (χ4v) is 7.35. The predicted molar refractivity (Wildman–Crippen MR) is 180 cm³/mol. The molecule has 0 spiro atoms. The molecule has 0 saturated heterocycles. The van der Waals surface area contributed by atoms with Gasteiger partial charge in [0.2, 0.25) is 6.79 Å². The monoisotopic (exact) mass is 673 g/mol. The summed E-state index contributed by atoms with van der Waals surface area (Å²) < 4.78 is 21.0. The quantitative estimate of drug-likeness (QED) is 0.173. The Labute approximate surface area is 278 Å². The fourth-order valence-electron chi connectivity index (χ4n) is 6.02. The number of esters is 1. The van der Waals surface area contributed by atoms with Gasteiger partial charge in [-0.2, -0.15) is 0 Å². The van der Waals surface area contributed by atoms with Crippen LogP contribution < -0.4 is 24.4 Å². The minimum atomic E-state index is -0.746. The molecule has 4 heterocycles. The van der Waals surface area contributed by atoms with Crippen LogP contribution >= 0.6 is 34.5 Å². The van der Waals surface area contributed by atoms with Gasteiger partial charge >= 0.3 is 5.97 Å². The van der Waals surface area contributed by atoms with Gasteiger partial charge in [0.15, 0.2) is 16.3 Å². The number of thiazole rings is 1. The second-order valence-electron chi connectivity index (χ2n) is 11.0. The van der Waals surface area contributed by atoms with Gasteiger partial charge in [0, 0.05) is 29.2 Å². The van der Waals surface area contributed by atoms with Gasteiger partial charge in [-0.05, 0) is 60.9 Å². The standard InChI is InChI=1S/C35H29Cl2N3O5S/c1-3-7-26-31(34(42)43-4-2)32(21-11-13-28-29(15-21)45-19-44-28)40-33(41)30(46-35(40)38-26)16-22-18-39(27-9-6-5-8-23(22)27)17-20-10-12-24(36)25(37)14-20/h5-6,8-16,18,32H,3-4,7,17,19H2,1-2H3/b30-16+/t32-/m1/s1. The van der Waals surface area contributed by atoms with Crippen LogP contribution in [-0.4, -0.2) is 28.5 Å². The van der Waals surface area contributed by atoms with Crippen molar-refractivity contribution >= 4 is 57.5 Å². The number of carbonyl (C=O) groups excluding carboxylic acids is 1. The molecule has 2 aliphatic heterocycles. The summed E-state index contributed by atoms with van der Waals surface area (Å²) in [7, 11) is 0. The van der Waals surface area contributed by atoms with Crippen LogP contribution in [-0.2, 0) is 16.1 Å². The molecule has 0 fully saturated rings. The van der Waals surface area contributed by atoms with Crippen LogP contribution in [0.25, 0.3) is 17.0 Å². The number of fused-ring (bicyclic) bond motifs is 3. The van der Waals surface area contributed by atoms with Crippen molar-refractivity contribution in [3.63, 3.8) is 0 Å². The molecule has 0 bridgehead atoms. The molecule has 0 radical (unpaired) electrons. The summed E-state index contributed by atoms with van der Waals surface area (Å²) in [6.45, 7) is 4.68. The number of halogens is 2. The molecule has 46 heavy (non-hydrogen) atoms. The van der Waals surface area contributed by atoms with Gasteiger partial charge in [-0.3, -0.25) is 9.36 Å². The zero-order valence-electron chi connectivity index (χ0n) is 25.1. The van der Waals surface area contributed by atoms with E-state index in [1.165, 1.54) is 11.3 Å². The van der Waals surface area contributed by atoms with Gasteiger partial charge in [-0.25, -0.2) is 9.79 Å². The van der Waals surface area contributed by atoms with E-state index in [1.54, 1.807) is 23.6 Å². The SMILES string of the molecule is CCCC1=C(C(=O)OCC)[C@@H](c2ccc3c(c2)OCO3)n2c(s/c(=C/c3cn(Cc4ccc(Cl)c(Cl)c4)c4ccccc34)c2=O)=N1. The summed E-state index contributed by atoms with van der Waals surface area (Å²) in [6, 6.07) is 18.4. The van der Waals surface area contributed by atoms with Crippen LogP contribution in [0.4, 0.5) is 0 Å². The molecule has 7 rings (SSSR count). The number of nitrogens with zero attached hydrogens (tertiary/aromatic N) is 3. The number of hydrogen-bond donors (Lipinski definition) is 0. The van der Waals surface area contributed by atoms with Gasteiger partial charge in [-0.1, -0.05) is 78.2 Å². The lowest BCUT2D eigenvalue weighted by Gasteiger charge is -2.25. The van der Waals surface area contributed by atoms with Gasteiger partial charge in [0.05, 0.1) is 38.5 Å². The van der Waals surface area contributed by atoms with E-state index in [4.69, 9.17) is 42.4 Å². The van der Waals surface area contributed by atoms with E-state index in [9.17, 15) is 9.59 Å². The summed E-state index contributed by atoms with van der Waals surface area (Å²) in [5, 5.41) is 2.00. The second-order valence-corrected chi connectivity index (χ2v) is 12.8. The first kappa shape index (κ1) is 30.3. The van der Waals surface area contributed by atoms with Crippen molar-refractivity contribution in [1.82, 2.24) is 9.13 Å². The van der Waals surface area contributed by atoms with Gasteiger partial charge in [-0.15, -0.1) is 0 Å². The molecule has 3 aromatic carbocycles. The number of ether oxygens (including phenoxy) is 3. The Morgan fingerprint density at radius 2 is 1.89 bits per heavy atom. The average molecular weight is 675 g/mol. The lowest BCUT2D eigenvalue weighted by atomic mass is 9.94. The van der Waals surface area contributed by atoms with Crippen molar-refractivity contribution < 1.29 is 19.0 Å². The van der Waals surface area contributed by atoms with E-state index in [0.717, 1.165) is 28.5 Å². The largest absolute Gasteiger partial charge is 0.463 e. The number of hydrogen-bond acceptors (Lipinski definition) is 7. The highest BCUT2D eigenvalue weighted by Gasteiger charge is 2.35. The number of allylic oxidation sites excluding steroid dienone is 1. The van der Waals surface area contributed by atoms with E-state index in [0.29, 0.717) is 60.7 Å². The van der Waals surface area contributed by atoms with Crippen molar-refractivity contribution in [3.05, 3.63) is 125 Å². The molecule has 0 aliphatic carbocycles. The first-order chi connectivity index (χ1) is 22.4. The maximum Gasteiger partial charge on any atom is 0.338 e. The maximum absolute atomic E-state index is 14.3. The first-order valence-electron chi connectivity index (χ1n) is 15.0. The second kappa shape index (κ2) is 12.5. The number of benzene rings is 3. The molecule has 0 unspecified atom stereocenters. The minimum absolute atomic E-state index is 0.113. The van der Waals surface area contributed by atoms with E-state index in [-0.39, 0.29) is 19.0 Å². The highest BCUT2D eigenvalue weighted by Crippen LogP contribution is 2.39. The lowest BCUT2D eigenvalue weighted by Crippen LogP contribution is -2.40. The Morgan fingerprint density at radius 1 is 1.07 bits per heavy atom. The molecule has 0 amide bonds. The van der Waals surface area contributed by atoms with E-state index >= 15 is 0 Å². The molecule has 11 heteroatoms. The lowest BCUT2D eigenvalue weighted by molar-refractivity contribution is -0.139. The number of para-hydroxylation sites is 1. The number of carbonyl (C=O) groups is 1. The third-order valence-electron chi connectivity index (χ3n) is 8.05. The molecule has 8 nitrogen and oxygen atoms in total. The van der Waals surface area contributed by atoms with Crippen molar-refractivity contribution in [2.75, 3.05) is 13.4 Å². The Bertz CT molecular complexity index is 2230. The molecular formula is C35H29Cl2N3O5S. The Morgan fingerprint density at radius 3 is 2.70 bits per heavy atom. The van der Waals surface area contributed by atoms with Crippen molar-refractivity contribution in [2.45, 2.75) is 39.3 Å². The van der Waals surface area contributed by atoms with Crippen LogP contribution in [0.15, 0.2) is 87.9 Å². The minimum Gasteiger partial charge on any atom is -0.463 e. The summed E-state index contributed by atoms with van der Waals surface area (Å²) in [4.78, 5) is 33.3. The topological polar surface area (TPSA) is 84.0 Å². The van der Waals surface area contributed by atoms with Gasteiger partial charge < -0.3 is 18.8 Å². The normalized spacial score (nSPS) is 15.7. The highest BCUT2D eigenvalue weighted by molar-refractivity contribution is 7.07. The molecule has 0 saturated carbocycles. The van der Waals surface area contributed by atoms with E-state index < -0.39 is 12.0 Å². The van der Waals surface area contributed by atoms with Crippen LogP contribution in [0.1, 0.15) is 49.4 Å². The number of rotatable bonds is 8. The van der Waals surface area contributed by atoms with Gasteiger partial charge in [0.25, 0.3) is 5.56 Å². The van der Waals surface area contributed by atoms with Crippen LogP contribution in [0, 0.1) is 0 Å². The fraction of sp³-hybridized carbons (Fsp3) is 0.229. The summed E-state index contributed by atoms with van der Waals surface area (Å²) in [6.07, 6.45) is 5.26. The third-order valence-corrected chi connectivity index (χ3v) is 9.77. The summed E-state index contributed by atoms with van der Waals surface area (Å²) in [5.74, 6) is 0.688. The van der Waals surface area contributed by atoms with Crippen molar-refractivity contribution in [1.29, 1.82) is 0 Å². The Hall–Kier alpha value is -4.31. The zero-order valence-corrected chi connectivity index (χ0v) is 27.4. The first-order valence-corrected chi connectivity index (χ1v) is 16.6. The van der Waals surface area contributed by atoms with Gasteiger partial charge in [0.1, 0.15) is 0 Å². The van der Waals surface area contributed by atoms with Crippen LogP contribution in [0.3, 0.4) is 0 Å². The van der Waals surface area contributed by atoms with Crippen LogP contribution in [0.2, 0.25) is 10.0 Å². The Balaban J connectivity index is 1.40. The molecule has 0 N–H and O–H groups in total. The van der Waals surface area contributed by atoms with Crippen molar-refractivity contribution in [3.8, 4) is 11.5 Å². The maximum atomic E-state index is 14.3. The third kappa shape index (κ3) is 5.42. The number of aromatic nitrogens is 2. The average Bonchev–Trinajstić information content (AvgIpc) is 3.74. The molecule has 5 aromatic rings. The molecular weight excluding hydrogens is 645 g/mol. The highest BCUT2D eigenvalue weighted by atomic mass is 35.5. The van der Waals surface area contributed by atoms with Crippen LogP contribution in [0.5, 0.6) is 11.5 Å². The van der Waals surface area contributed by atoms with E-state index in [2.05, 4.69) is 4.57 Å². The molecule has 234 valence electrons. The molecule has 2 aliphatic rings. The predicted octanol–water partition coefficient (Wildman–Crippen LogP) is 6.62. The molecule has 1 atom stereocenters. The molecule has 2 aromatic heterocycles. The summed E-state index contributed by atoms with van der Waals surface area (Å²) in [5.41, 5.74) is 4.35. The zero-order chi connectivity index (χ0) is 31.9. The van der Waals surface area contributed by atoms with E-state index in [1.807, 2.05) is 67.7 Å². The van der Waals surface area contributed by atoms with Crippen molar-refractivity contribution in [2.24, 2.45) is 4.99 Å². The Kier molecular flexibility index (Phi) is 8.23. The summed E-state index contributed by atoms with van der Waals surface area (Å²) >= 11 is 13.8. The smallest absolute Gasteiger partial charge is 0.338 e.